The fraction of sp³-hybridized carbons (Fsp3) is 0.273. The van der Waals surface area contributed by atoms with Gasteiger partial charge in [0.15, 0.2) is 0 Å². The van der Waals surface area contributed by atoms with Gasteiger partial charge in [-0.1, -0.05) is 6.92 Å². The lowest BCUT2D eigenvalue weighted by Crippen LogP contribution is -2.02. The van der Waals surface area contributed by atoms with Gasteiger partial charge in [-0.3, -0.25) is 0 Å². The molecule has 0 fully saturated rings. The first kappa shape index (κ1) is 11.1. The molecule has 78 valence electrons. The van der Waals surface area contributed by atoms with E-state index in [0.29, 0.717) is 17.7 Å². The summed E-state index contributed by atoms with van der Waals surface area (Å²) in [6.45, 7) is 1.89. The molecule has 0 radical (unpaired) electrons. The number of benzene rings is 1. The van der Waals surface area contributed by atoms with Crippen molar-refractivity contribution >= 4 is 5.97 Å². The summed E-state index contributed by atoms with van der Waals surface area (Å²) in [6, 6.07) is 4.77. The highest BCUT2D eigenvalue weighted by atomic mass is 16.5. The van der Waals surface area contributed by atoms with Crippen LogP contribution in [0.2, 0.25) is 0 Å². The number of rotatable bonds is 3. The topological polar surface area (TPSA) is 70.3 Å². The molecule has 1 aromatic rings. The summed E-state index contributed by atoms with van der Waals surface area (Å²) < 4.78 is 5.06. The van der Waals surface area contributed by atoms with Crippen molar-refractivity contribution in [3.8, 4) is 11.8 Å². The zero-order chi connectivity index (χ0) is 11.4. The van der Waals surface area contributed by atoms with E-state index in [9.17, 15) is 4.79 Å². The van der Waals surface area contributed by atoms with Crippen molar-refractivity contribution in [1.82, 2.24) is 0 Å². The maximum Gasteiger partial charge on any atom is 0.335 e. The van der Waals surface area contributed by atoms with Crippen LogP contribution in [-0.2, 0) is 6.42 Å². The number of carbonyl (C=O) groups is 1. The van der Waals surface area contributed by atoms with Gasteiger partial charge in [0.2, 0.25) is 0 Å². The van der Waals surface area contributed by atoms with Crippen molar-refractivity contribution in [3.05, 3.63) is 28.8 Å². The molecule has 0 unspecified atom stereocenters. The van der Waals surface area contributed by atoms with Gasteiger partial charge in [-0.15, -0.1) is 0 Å². The maximum absolute atomic E-state index is 10.8. The van der Waals surface area contributed by atoms with E-state index in [2.05, 4.69) is 0 Å². The second-order valence-corrected chi connectivity index (χ2v) is 2.98. The summed E-state index contributed by atoms with van der Waals surface area (Å²) in [5.74, 6) is -0.610. The second-order valence-electron chi connectivity index (χ2n) is 2.98. The van der Waals surface area contributed by atoms with Crippen molar-refractivity contribution in [2.45, 2.75) is 13.3 Å². The molecule has 15 heavy (non-hydrogen) atoms. The number of methoxy groups -OCH3 is 1. The monoisotopic (exact) mass is 205 g/mol. The number of carboxylic acid groups (broad SMARTS) is 1. The molecule has 0 amide bonds. The number of nitrogens with zero attached hydrogens (tertiary/aromatic N) is 1. The Morgan fingerprint density at radius 3 is 2.67 bits per heavy atom. The van der Waals surface area contributed by atoms with E-state index >= 15 is 0 Å². The zero-order valence-corrected chi connectivity index (χ0v) is 8.57. The lowest BCUT2D eigenvalue weighted by Gasteiger charge is -2.09. The Kier molecular flexibility index (Phi) is 3.29. The van der Waals surface area contributed by atoms with Crippen LogP contribution in [0.3, 0.4) is 0 Å². The third-order valence-corrected chi connectivity index (χ3v) is 2.15. The van der Waals surface area contributed by atoms with Crippen LogP contribution < -0.4 is 4.74 Å². The molecule has 1 N–H and O–H groups in total. The highest BCUT2D eigenvalue weighted by Crippen LogP contribution is 2.24. The Morgan fingerprint density at radius 1 is 1.60 bits per heavy atom. The first-order chi connectivity index (χ1) is 7.13. The number of aromatic carboxylic acids is 1. The summed E-state index contributed by atoms with van der Waals surface area (Å²) in [5.41, 5.74) is 1.17. The molecule has 0 saturated carbocycles. The van der Waals surface area contributed by atoms with E-state index in [0.717, 1.165) is 5.56 Å². The third-order valence-electron chi connectivity index (χ3n) is 2.15. The first-order valence-corrected chi connectivity index (χ1v) is 4.48. The SMILES string of the molecule is CCc1c(C#N)cc(C(=O)O)cc1OC. The summed E-state index contributed by atoms with van der Waals surface area (Å²) in [4.78, 5) is 10.8. The number of nitriles is 1. The molecule has 0 aliphatic carbocycles. The Hall–Kier alpha value is -2.02. The van der Waals surface area contributed by atoms with E-state index in [1.54, 1.807) is 0 Å². The van der Waals surface area contributed by atoms with E-state index in [1.807, 2.05) is 13.0 Å². The third kappa shape index (κ3) is 2.08. The van der Waals surface area contributed by atoms with Crippen LogP contribution in [0.4, 0.5) is 0 Å². The van der Waals surface area contributed by atoms with Crippen LogP contribution >= 0.6 is 0 Å². The first-order valence-electron chi connectivity index (χ1n) is 4.48. The molecule has 0 aromatic heterocycles. The largest absolute Gasteiger partial charge is 0.496 e. The van der Waals surface area contributed by atoms with E-state index in [-0.39, 0.29) is 5.56 Å². The van der Waals surface area contributed by atoms with Crippen molar-refractivity contribution in [2.75, 3.05) is 7.11 Å². The summed E-state index contributed by atoms with van der Waals surface area (Å²) in [5, 5.41) is 17.7. The zero-order valence-electron chi connectivity index (χ0n) is 8.57. The summed E-state index contributed by atoms with van der Waals surface area (Å²) >= 11 is 0. The quantitative estimate of drug-likeness (QED) is 0.817. The van der Waals surface area contributed by atoms with Crippen LogP contribution in [-0.4, -0.2) is 18.2 Å². The predicted octanol–water partition coefficient (Wildman–Crippen LogP) is 1.83. The molecule has 0 aliphatic rings. The maximum atomic E-state index is 10.8. The van der Waals surface area contributed by atoms with Gasteiger partial charge in [-0.2, -0.15) is 5.26 Å². The van der Waals surface area contributed by atoms with E-state index < -0.39 is 5.97 Å². The Labute approximate surface area is 87.7 Å². The lowest BCUT2D eigenvalue weighted by molar-refractivity contribution is 0.0696. The number of hydrogen-bond donors (Lipinski definition) is 1. The van der Waals surface area contributed by atoms with Gasteiger partial charge in [0.25, 0.3) is 0 Å². The minimum atomic E-state index is -1.06. The van der Waals surface area contributed by atoms with E-state index in [4.69, 9.17) is 15.1 Å². The van der Waals surface area contributed by atoms with Gasteiger partial charge >= 0.3 is 5.97 Å². The average Bonchev–Trinajstić information content (AvgIpc) is 2.26. The molecule has 0 spiro atoms. The predicted molar refractivity (Wildman–Crippen MR) is 54.0 cm³/mol. The van der Waals surface area contributed by atoms with Gasteiger partial charge in [0.05, 0.1) is 24.3 Å². The molecule has 1 aromatic carbocycles. The molecular weight excluding hydrogens is 194 g/mol. The van der Waals surface area contributed by atoms with E-state index in [1.165, 1.54) is 19.2 Å². The molecule has 4 nitrogen and oxygen atoms in total. The van der Waals surface area contributed by atoms with Crippen molar-refractivity contribution in [3.63, 3.8) is 0 Å². The summed E-state index contributed by atoms with van der Waals surface area (Å²) in [6.07, 6.45) is 0.631. The standard InChI is InChI=1S/C11H11NO3/c1-3-9-8(6-12)4-7(11(13)14)5-10(9)15-2/h4-5H,3H2,1-2H3,(H,13,14). The van der Waals surface area contributed by atoms with Crippen LogP contribution in [0.15, 0.2) is 12.1 Å². The fourth-order valence-electron chi connectivity index (χ4n) is 1.42. The molecule has 0 bridgehead atoms. The summed E-state index contributed by atoms with van der Waals surface area (Å²) in [7, 11) is 1.46. The minimum absolute atomic E-state index is 0.0700. The lowest BCUT2D eigenvalue weighted by atomic mass is 10.0. The molecule has 0 aliphatic heterocycles. The Bertz CT molecular complexity index is 432. The smallest absolute Gasteiger partial charge is 0.335 e. The van der Waals surface area contributed by atoms with Crippen LogP contribution in [0, 0.1) is 11.3 Å². The average molecular weight is 205 g/mol. The molecule has 1 rings (SSSR count). The van der Waals surface area contributed by atoms with Gasteiger partial charge in [-0.25, -0.2) is 4.79 Å². The van der Waals surface area contributed by atoms with Gasteiger partial charge in [-0.05, 0) is 18.6 Å². The van der Waals surface area contributed by atoms with Gasteiger partial charge < -0.3 is 9.84 Å². The molecular formula is C11H11NO3. The van der Waals surface area contributed by atoms with Crippen LogP contribution in [0.1, 0.15) is 28.4 Å². The highest BCUT2D eigenvalue weighted by molar-refractivity contribution is 5.89. The number of hydrogen-bond acceptors (Lipinski definition) is 3. The van der Waals surface area contributed by atoms with Crippen molar-refractivity contribution in [1.29, 1.82) is 5.26 Å². The molecule has 0 saturated heterocycles. The van der Waals surface area contributed by atoms with Crippen LogP contribution in [0.5, 0.6) is 5.75 Å². The fourth-order valence-corrected chi connectivity index (χ4v) is 1.42. The Morgan fingerprint density at radius 2 is 2.27 bits per heavy atom. The van der Waals surface area contributed by atoms with Gasteiger partial charge in [0.1, 0.15) is 5.75 Å². The Balaban J connectivity index is 3.44. The van der Waals surface area contributed by atoms with Gasteiger partial charge in [0, 0.05) is 5.56 Å². The number of ether oxygens (including phenoxy) is 1. The van der Waals surface area contributed by atoms with Crippen molar-refractivity contribution in [2.24, 2.45) is 0 Å². The molecule has 0 heterocycles. The molecule has 0 atom stereocenters. The second kappa shape index (κ2) is 4.47. The highest BCUT2D eigenvalue weighted by Gasteiger charge is 2.13. The normalized spacial score (nSPS) is 9.40. The van der Waals surface area contributed by atoms with Crippen molar-refractivity contribution < 1.29 is 14.6 Å². The number of carboxylic acids is 1. The van der Waals surface area contributed by atoms with Crippen LogP contribution in [0.25, 0.3) is 0 Å². The minimum Gasteiger partial charge on any atom is -0.496 e. The molecule has 4 heteroatoms.